The van der Waals surface area contributed by atoms with Crippen LogP contribution in [-0.2, 0) is 16.6 Å². The van der Waals surface area contributed by atoms with E-state index in [1.54, 1.807) is 25.4 Å². The first-order chi connectivity index (χ1) is 15.4. The predicted octanol–water partition coefficient (Wildman–Crippen LogP) is 5.10. The number of benzene rings is 1. The van der Waals surface area contributed by atoms with E-state index in [1.165, 1.54) is 19.6 Å². The van der Waals surface area contributed by atoms with Gasteiger partial charge in [0.25, 0.3) is 10.2 Å². The summed E-state index contributed by atoms with van der Waals surface area (Å²) < 4.78 is 27.7. The molecule has 1 saturated carbocycles. The molecule has 1 aliphatic heterocycles. The lowest BCUT2D eigenvalue weighted by molar-refractivity contribution is 0.283. The van der Waals surface area contributed by atoms with Crippen molar-refractivity contribution >= 4 is 38.4 Å². The third-order valence-corrected chi connectivity index (χ3v) is 9.61. The summed E-state index contributed by atoms with van der Waals surface area (Å²) in [6, 6.07) is 8.57. The van der Waals surface area contributed by atoms with Gasteiger partial charge < -0.3 is 5.32 Å². The molecule has 0 amide bonds. The number of anilines is 1. The Kier molecular flexibility index (Phi) is 9.43. The van der Waals surface area contributed by atoms with Crippen LogP contribution in [0.3, 0.4) is 0 Å². The molecule has 2 aromatic rings. The van der Waals surface area contributed by atoms with Gasteiger partial charge in [0.15, 0.2) is 5.13 Å². The largest absolute Gasteiger partial charge is 0.361 e. The molecule has 0 spiro atoms. The van der Waals surface area contributed by atoms with E-state index in [0.717, 1.165) is 55.2 Å². The van der Waals surface area contributed by atoms with E-state index in [2.05, 4.69) is 34.3 Å². The normalized spacial score (nSPS) is 20.5. The van der Waals surface area contributed by atoms with Crippen LogP contribution in [0.1, 0.15) is 44.4 Å². The zero-order valence-electron chi connectivity index (χ0n) is 19.6. The van der Waals surface area contributed by atoms with E-state index in [0.29, 0.717) is 18.4 Å². The highest BCUT2D eigenvalue weighted by Gasteiger charge is 2.24. The number of rotatable bonds is 7. The minimum Gasteiger partial charge on any atom is -0.361 e. The number of aromatic nitrogens is 1. The fraction of sp³-hybridized carbons (Fsp3) is 0.609. The number of aryl methyl sites for hydroxylation is 1. The topological polar surface area (TPSA) is 74.3 Å². The van der Waals surface area contributed by atoms with Crippen molar-refractivity contribution in [2.24, 2.45) is 11.8 Å². The van der Waals surface area contributed by atoms with Gasteiger partial charge in [-0.05, 0) is 50.0 Å². The molecule has 6 nitrogen and oxygen atoms in total. The second-order valence-corrected chi connectivity index (χ2v) is 12.5. The van der Waals surface area contributed by atoms with Crippen LogP contribution in [0.2, 0.25) is 0 Å². The number of hydrogen-bond acceptors (Lipinski definition) is 6. The third kappa shape index (κ3) is 6.47. The van der Waals surface area contributed by atoms with E-state index in [9.17, 15) is 8.42 Å². The van der Waals surface area contributed by atoms with Crippen LogP contribution in [0.25, 0.3) is 11.3 Å². The Morgan fingerprint density at radius 1 is 1.06 bits per heavy atom. The number of nitrogens with zero attached hydrogens (tertiary/aromatic N) is 2. The summed E-state index contributed by atoms with van der Waals surface area (Å²) in [5, 5.41) is 4.62. The molecule has 1 aromatic carbocycles. The highest BCUT2D eigenvalue weighted by atomic mass is 32.2. The first kappa shape index (κ1) is 25.5. The fourth-order valence-electron chi connectivity index (χ4n) is 4.07. The van der Waals surface area contributed by atoms with Gasteiger partial charge in [-0.2, -0.15) is 12.7 Å². The first-order valence-electron chi connectivity index (χ1n) is 11.6. The standard InChI is InChI=1S/C21H30N4O2S3.C2H6/c1-25(2)30(26,27)23-14-16-9-7-15(8-10-16)13-22-21-24-20-17-5-3-4-6-18(17)28-12-11-19(20)29-21;1-2/h3-6,15-16,23H,7-14H2,1-2H3,(H,22,24);1-2H3. The van der Waals surface area contributed by atoms with E-state index >= 15 is 0 Å². The SMILES string of the molecule is CC.CN(C)S(=O)(=O)NCC1CCC(CNc2nc3c(s2)CCSc2ccccc2-3)CC1. The molecule has 9 heteroatoms. The number of nitrogens with one attached hydrogen (secondary N) is 2. The monoisotopic (exact) mass is 496 g/mol. The fourth-order valence-corrected chi connectivity index (χ4v) is 6.91. The number of thioether (sulfide) groups is 1. The van der Waals surface area contributed by atoms with Crippen molar-refractivity contribution in [3.63, 3.8) is 0 Å². The van der Waals surface area contributed by atoms with Crippen LogP contribution in [-0.4, -0.2) is 50.6 Å². The molecular weight excluding hydrogens is 460 g/mol. The molecule has 2 aliphatic rings. The molecule has 4 rings (SSSR count). The Morgan fingerprint density at radius 3 is 2.41 bits per heavy atom. The summed E-state index contributed by atoms with van der Waals surface area (Å²) in [5.41, 5.74) is 2.42. The summed E-state index contributed by atoms with van der Waals surface area (Å²) in [6.45, 7) is 5.48. The van der Waals surface area contributed by atoms with Crippen molar-refractivity contribution in [3.8, 4) is 11.3 Å². The predicted molar refractivity (Wildman–Crippen MR) is 138 cm³/mol. The second-order valence-electron chi connectivity index (χ2n) is 8.29. The van der Waals surface area contributed by atoms with Crippen LogP contribution in [0, 0.1) is 11.8 Å². The lowest BCUT2D eigenvalue weighted by Crippen LogP contribution is -2.39. The Hall–Kier alpha value is -1.13. The lowest BCUT2D eigenvalue weighted by Gasteiger charge is -2.29. The molecule has 0 bridgehead atoms. The number of fused-ring (bicyclic) bond motifs is 3. The van der Waals surface area contributed by atoms with Gasteiger partial charge in [-0.1, -0.05) is 32.0 Å². The van der Waals surface area contributed by atoms with Crippen LogP contribution in [0.5, 0.6) is 0 Å². The number of hydrogen-bond donors (Lipinski definition) is 2. The van der Waals surface area contributed by atoms with Gasteiger partial charge >= 0.3 is 0 Å². The van der Waals surface area contributed by atoms with Gasteiger partial charge in [0.05, 0.1) is 5.69 Å². The smallest absolute Gasteiger partial charge is 0.278 e. The molecule has 0 unspecified atom stereocenters. The van der Waals surface area contributed by atoms with Crippen LogP contribution < -0.4 is 10.0 Å². The highest BCUT2D eigenvalue weighted by molar-refractivity contribution is 7.99. The van der Waals surface area contributed by atoms with Crippen LogP contribution >= 0.6 is 23.1 Å². The summed E-state index contributed by atoms with van der Waals surface area (Å²) in [5.74, 6) is 2.16. The molecule has 0 saturated heterocycles. The van der Waals surface area contributed by atoms with Crippen molar-refractivity contribution in [3.05, 3.63) is 29.1 Å². The zero-order valence-corrected chi connectivity index (χ0v) is 22.0. The van der Waals surface area contributed by atoms with Crippen molar-refractivity contribution in [1.82, 2.24) is 14.0 Å². The van der Waals surface area contributed by atoms with Crippen molar-refractivity contribution in [1.29, 1.82) is 0 Å². The summed E-state index contributed by atoms with van der Waals surface area (Å²) in [7, 11) is -0.208. The average Bonchev–Trinajstić information content (AvgIpc) is 3.13. The maximum absolute atomic E-state index is 11.9. The second kappa shape index (κ2) is 11.8. The quantitative estimate of drug-likeness (QED) is 0.558. The molecular formula is C23H36N4O2S3. The molecule has 178 valence electrons. The summed E-state index contributed by atoms with van der Waals surface area (Å²) in [4.78, 5) is 7.65. The average molecular weight is 497 g/mol. The minimum absolute atomic E-state index is 0.431. The Balaban J connectivity index is 0.00000141. The molecule has 0 atom stereocenters. The van der Waals surface area contributed by atoms with Gasteiger partial charge in [-0.3, -0.25) is 0 Å². The first-order valence-corrected chi connectivity index (χ1v) is 14.8. The summed E-state index contributed by atoms with van der Waals surface area (Å²) in [6.07, 6.45) is 5.47. The Morgan fingerprint density at radius 2 is 1.72 bits per heavy atom. The molecule has 2 N–H and O–H groups in total. The maximum atomic E-state index is 11.9. The maximum Gasteiger partial charge on any atom is 0.278 e. The van der Waals surface area contributed by atoms with Gasteiger partial charge in [0.1, 0.15) is 0 Å². The van der Waals surface area contributed by atoms with Gasteiger partial charge in [0, 0.05) is 48.3 Å². The molecule has 0 radical (unpaired) electrons. The van der Waals surface area contributed by atoms with E-state index < -0.39 is 10.2 Å². The highest BCUT2D eigenvalue weighted by Crippen LogP contribution is 2.40. The molecule has 1 fully saturated rings. The van der Waals surface area contributed by atoms with Crippen LogP contribution in [0.4, 0.5) is 5.13 Å². The number of thiazole rings is 1. The van der Waals surface area contributed by atoms with E-state index in [-0.39, 0.29) is 0 Å². The van der Waals surface area contributed by atoms with Crippen LogP contribution in [0.15, 0.2) is 29.2 Å². The van der Waals surface area contributed by atoms with Crippen molar-refractivity contribution in [2.75, 3.05) is 38.3 Å². The van der Waals surface area contributed by atoms with E-state index in [4.69, 9.17) is 4.98 Å². The van der Waals surface area contributed by atoms with Gasteiger partial charge in [-0.15, -0.1) is 23.1 Å². The molecule has 32 heavy (non-hydrogen) atoms. The Labute approximate surface area is 201 Å². The molecule has 1 aliphatic carbocycles. The van der Waals surface area contributed by atoms with E-state index in [1.807, 2.05) is 25.6 Å². The third-order valence-electron chi connectivity index (χ3n) is 5.97. The lowest BCUT2D eigenvalue weighted by atomic mass is 9.82. The van der Waals surface area contributed by atoms with Crippen molar-refractivity contribution < 1.29 is 8.42 Å². The molecule has 1 aromatic heterocycles. The minimum atomic E-state index is -3.32. The zero-order chi connectivity index (χ0) is 23.1. The van der Waals surface area contributed by atoms with Crippen molar-refractivity contribution in [2.45, 2.75) is 50.8 Å². The summed E-state index contributed by atoms with van der Waals surface area (Å²) >= 11 is 3.72. The molecule has 2 heterocycles. The van der Waals surface area contributed by atoms with Gasteiger partial charge in [0.2, 0.25) is 0 Å². The van der Waals surface area contributed by atoms with Gasteiger partial charge in [-0.25, -0.2) is 9.71 Å². The Bertz CT molecular complexity index is 967.